The predicted octanol–water partition coefficient (Wildman–Crippen LogP) is 3.32. The van der Waals surface area contributed by atoms with Crippen LogP contribution in [-0.4, -0.2) is 5.11 Å². The molecule has 1 nitrogen and oxygen atoms in total. The lowest BCUT2D eigenvalue weighted by atomic mass is 10.0. The molecule has 1 aromatic rings. The van der Waals surface area contributed by atoms with Gasteiger partial charge in [0, 0.05) is 0 Å². The Morgan fingerprint density at radius 3 is 2.08 bits per heavy atom. The van der Waals surface area contributed by atoms with Gasteiger partial charge in [-0.2, -0.15) is 0 Å². The summed E-state index contributed by atoms with van der Waals surface area (Å²) in [5, 5.41) is 9.50. The molecule has 0 aliphatic carbocycles. The van der Waals surface area contributed by atoms with Crippen LogP contribution in [-0.2, 0) is 0 Å². The maximum atomic E-state index is 9.50. The van der Waals surface area contributed by atoms with E-state index in [0.29, 0.717) is 0 Å². The molecule has 1 rings (SSSR count). The summed E-state index contributed by atoms with van der Waals surface area (Å²) in [5.41, 5.74) is 1.68. The zero-order chi connectivity index (χ0) is 10.3. The second kappa shape index (κ2) is 6.44. The number of hydrogen-bond donors (Lipinski definition) is 1. The van der Waals surface area contributed by atoms with Crippen LogP contribution in [0.5, 0.6) is 0 Å². The zero-order valence-electron chi connectivity index (χ0n) is 8.62. The topological polar surface area (TPSA) is 20.2 Å². The summed E-state index contributed by atoms with van der Waals surface area (Å²) in [6, 6.07) is 9.51. The molecule has 1 N–H and O–H groups in total. The number of aliphatic hydroxyl groups is 1. The Hall–Kier alpha value is -1.08. The van der Waals surface area contributed by atoms with E-state index in [1.165, 1.54) is 0 Å². The van der Waals surface area contributed by atoms with Crippen molar-refractivity contribution in [3.63, 3.8) is 0 Å². The molecule has 0 bridgehead atoms. The lowest BCUT2D eigenvalue weighted by molar-refractivity contribution is 0.216. The lowest BCUT2D eigenvalue weighted by Crippen LogP contribution is -1.96. The average Bonchev–Trinajstić information content (AvgIpc) is 2.21. The van der Waals surface area contributed by atoms with E-state index in [2.05, 4.69) is 6.58 Å². The molecule has 0 unspecified atom stereocenters. The summed E-state index contributed by atoms with van der Waals surface area (Å²) in [7, 11) is 0. The predicted molar refractivity (Wildman–Crippen MR) is 57.6 cm³/mol. The van der Waals surface area contributed by atoms with Gasteiger partial charge in [0.25, 0.3) is 0 Å². The van der Waals surface area contributed by atoms with Crippen molar-refractivity contribution in [3.8, 4) is 0 Å². The van der Waals surface area contributed by atoms with Gasteiger partial charge in [0.1, 0.15) is 0 Å². The van der Waals surface area contributed by atoms with Crippen LogP contribution in [0.15, 0.2) is 42.5 Å². The molecule has 0 spiro atoms. The van der Waals surface area contributed by atoms with Crippen LogP contribution in [0.4, 0.5) is 0 Å². The molecular formula is C12H18O. The van der Waals surface area contributed by atoms with Gasteiger partial charge in [-0.25, -0.2) is 0 Å². The standard InChI is InChI=1S/C10H12O.C2H6/c1-8(2)10(11)9-6-4-3-5-7-9;1-2/h3-7,10-11H,1H2,2H3;1-2H3/t10-;/m0./s1. The monoisotopic (exact) mass is 178 g/mol. The molecule has 1 aromatic carbocycles. The molecule has 0 radical (unpaired) electrons. The van der Waals surface area contributed by atoms with Crippen molar-refractivity contribution in [1.29, 1.82) is 0 Å². The van der Waals surface area contributed by atoms with Gasteiger partial charge in [-0.15, -0.1) is 0 Å². The average molecular weight is 178 g/mol. The molecule has 0 fully saturated rings. The van der Waals surface area contributed by atoms with E-state index in [0.717, 1.165) is 11.1 Å². The van der Waals surface area contributed by atoms with Crippen LogP contribution in [0.1, 0.15) is 32.4 Å². The summed E-state index contributed by atoms with van der Waals surface area (Å²) in [6.45, 7) is 9.50. The first kappa shape index (κ1) is 11.9. The summed E-state index contributed by atoms with van der Waals surface area (Å²) >= 11 is 0. The van der Waals surface area contributed by atoms with Crippen LogP contribution in [0, 0.1) is 0 Å². The molecule has 0 aliphatic heterocycles. The molecular weight excluding hydrogens is 160 g/mol. The largest absolute Gasteiger partial charge is 0.384 e. The Bertz CT molecular complexity index is 239. The Kier molecular flexibility index (Phi) is 5.90. The minimum absolute atomic E-state index is 0.517. The van der Waals surface area contributed by atoms with E-state index in [9.17, 15) is 5.11 Å². The van der Waals surface area contributed by atoms with Crippen LogP contribution in [0.3, 0.4) is 0 Å². The number of aliphatic hydroxyl groups excluding tert-OH is 1. The van der Waals surface area contributed by atoms with Crippen molar-refractivity contribution in [3.05, 3.63) is 48.0 Å². The fourth-order valence-electron chi connectivity index (χ4n) is 0.920. The molecule has 0 aliphatic rings. The maximum Gasteiger partial charge on any atom is 0.0995 e. The number of hydrogen-bond acceptors (Lipinski definition) is 1. The first-order valence-electron chi connectivity index (χ1n) is 4.60. The highest BCUT2D eigenvalue weighted by molar-refractivity contribution is 5.23. The van der Waals surface area contributed by atoms with E-state index in [4.69, 9.17) is 0 Å². The van der Waals surface area contributed by atoms with Gasteiger partial charge in [-0.1, -0.05) is 50.8 Å². The number of rotatable bonds is 2. The van der Waals surface area contributed by atoms with E-state index in [1.807, 2.05) is 51.1 Å². The van der Waals surface area contributed by atoms with Crippen molar-refractivity contribution in [1.82, 2.24) is 0 Å². The first-order chi connectivity index (χ1) is 6.22. The van der Waals surface area contributed by atoms with E-state index < -0.39 is 6.10 Å². The smallest absolute Gasteiger partial charge is 0.0995 e. The van der Waals surface area contributed by atoms with Crippen LogP contribution in [0.2, 0.25) is 0 Å². The van der Waals surface area contributed by atoms with Crippen molar-refractivity contribution >= 4 is 0 Å². The summed E-state index contributed by atoms with van der Waals surface area (Å²) in [4.78, 5) is 0. The second-order valence-corrected chi connectivity index (χ2v) is 2.66. The Balaban J connectivity index is 0.000000671. The second-order valence-electron chi connectivity index (χ2n) is 2.66. The van der Waals surface area contributed by atoms with E-state index in [-0.39, 0.29) is 0 Å². The first-order valence-corrected chi connectivity index (χ1v) is 4.60. The highest BCUT2D eigenvalue weighted by atomic mass is 16.3. The molecule has 72 valence electrons. The Morgan fingerprint density at radius 2 is 1.69 bits per heavy atom. The Morgan fingerprint density at radius 1 is 1.23 bits per heavy atom. The number of benzene rings is 1. The van der Waals surface area contributed by atoms with E-state index >= 15 is 0 Å². The van der Waals surface area contributed by atoms with E-state index in [1.54, 1.807) is 0 Å². The molecule has 1 heteroatoms. The van der Waals surface area contributed by atoms with Gasteiger partial charge >= 0.3 is 0 Å². The molecule has 0 heterocycles. The molecule has 0 amide bonds. The summed E-state index contributed by atoms with van der Waals surface area (Å²) in [6.07, 6.45) is -0.517. The van der Waals surface area contributed by atoms with Crippen molar-refractivity contribution in [2.45, 2.75) is 26.9 Å². The maximum absolute atomic E-state index is 9.50. The van der Waals surface area contributed by atoms with Gasteiger partial charge in [-0.3, -0.25) is 0 Å². The fraction of sp³-hybridized carbons (Fsp3) is 0.333. The zero-order valence-corrected chi connectivity index (χ0v) is 8.62. The normalized spacial score (nSPS) is 11.1. The van der Waals surface area contributed by atoms with Gasteiger partial charge in [0.05, 0.1) is 6.10 Å². The fourth-order valence-corrected chi connectivity index (χ4v) is 0.920. The van der Waals surface area contributed by atoms with Crippen LogP contribution in [0.25, 0.3) is 0 Å². The highest BCUT2D eigenvalue weighted by Gasteiger charge is 2.05. The van der Waals surface area contributed by atoms with Crippen molar-refractivity contribution in [2.75, 3.05) is 0 Å². The minimum Gasteiger partial charge on any atom is -0.384 e. The van der Waals surface area contributed by atoms with Crippen LogP contribution >= 0.6 is 0 Å². The Labute approximate surface area is 80.7 Å². The minimum atomic E-state index is -0.517. The lowest BCUT2D eigenvalue weighted by Gasteiger charge is -2.09. The summed E-state index contributed by atoms with van der Waals surface area (Å²) < 4.78 is 0. The van der Waals surface area contributed by atoms with Crippen LogP contribution < -0.4 is 0 Å². The van der Waals surface area contributed by atoms with Gasteiger partial charge in [0.15, 0.2) is 0 Å². The molecule has 13 heavy (non-hydrogen) atoms. The third-order valence-corrected chi connectivity index (χ3v) is 1.58. The third-order valence-electron chi connectivity index (χ3n) is 1.58. The van der Waals surface area contributed by atoms with Gasteiger partial charge < -0.3 is 5.11 Å². The summed E-state index contributed by atoms with van der Waals surface area (Å²) in [5.74, 6) is 0. The molecule has 0 aromatic heterocycles. The molecule has 1 atom stereocenters. The van der Waals surface area contributed by atoms with Gasteiger partial charge in [-0.05, 0) is 18.1 Å². The van der Waals surface area contributed by atoms with Crippen molar-refractivity contribution in [2.24, 2.45) is 0 Å². The SMILES string of the molecule is C=C(C)[C@H](O)c1ccccc1.CC. The highest BCUT2D eigenvalue weighted by Crippen LogP contribution is 2.18. The van der Waals surface area contributed by atoms with Gasteiger partial charge in [0.2, 0.25) is 0 Å². The molecule has 0 saturated carbocycles. The quantitative estimate of drug-likeness (QED) is 0.689. The van der Waals surface area contributed by atoms with Crippen molar-refractivity contribution < 1.29 is 5.11 Å². The third kappa shape index (κ3) is 3.90. The molecule has 0 saturated heterocycles.